The standard InChI is InChI=1S/C18H24N4O2S/c1-12-13(2)25-17(22-12)8-9-20-18(19-3)21-10-14-11-23-15-6-4-5-7-16(15)24-14/h4-7,14H,8-11H2,1-3H3,(H2,19,20,21). The van der Waals surface area contributed by atoms with E-state index in [2.05, 4.69) is 27.5 Å². The molecule has 2 heterocycles. The Morgan fingerprint density at radius 3 is 2.80 bits per heavy atom. The van der Waals surface area contributed by atoms with Crippen molar-refractivity contribution in [2.45, 2.75) is 26.4 Å². The lowest BCUT2D eigenvalue weighted by Gasteiger charge is -2.27. The second-order valence-corrected chi connectivity index (χ2v) is 7.16. The Balaban J connectivity index is 1.42. The molecule has 0 spiro atoms. The molecule has 1 unspecified atom stereocenters. The van der Waals surface area contributed by atoms with Crippen molar-refractivity contribution < 1.29 is 9.47 Å². The zero-order valence-electron chi connectivity index (χ0n) is 14.8. The quantitative estimate of drug-likeness (QED) is 0.633. The van der Waals surface area contributed by atoms with Gasteiger partial charge in [-0.3, -0.25) is 4.99 Å². The predicted octanol–water partition coefficient (Wildman–Crippen LogP) is 2.31. The van der Waals surface area contributed by atoms with Gasteiger partial charge in [-0.25, -0.2) is 4.98 Å². The van der Waals surface area contributed by atoms with Gasteiger partial charge in [-0.1, -0.05) is 12.1 Å². The van der Waals surface area contributed by atoms with Crippen LogP contribution in [0, 0.1) is 13.8 Å². The summed E-state index contributed by atoms with van der Waals surface area (Å²) in [5, 5.41) is 7.76. The molecule has 2 aromatic rings. The van der Waals surface area contributed by atoms with Crippen molar-refractivity contribution in [3.8, 4) is 11.5 Å². The lowest BCUT2D eigenvalue weighted by atomic mass is 10.2. The molecular weight excluding hydrogens is 336 g/mol. The number of aryl methyl sites for hydroxylation is 2. The van der Waals surface area contributed by atoms with E-state index >= 15 is 0 Å². The summed E-state index contributed by atoms with van der Waals surface area (Å²) in [5.74, 6) is 2.35. The van der Waals surface area contributed by atoms with Gasteiger partial charge in [-0.2, -0.15) is 0 Å². The van der Waals surface area contributed by atoms with Crippen LogP contribution in [0.2, 0.25) is 0 Å². The van der Waals surface area contributed by atoms with Gasteiger partial charge >= 0.3 is 0 Å². The number of fused-ring (bicyclic) bond motifs is 1. The molecule has 0 fully saturated rings. The highest BCUT2D eigenvalue weighted by Crippen LogP contribution is 2.30. The molecular formula is C18H24N4O2S. The number of thiazole rings is 1. The maximum Gasteiger partial charge on any atom is 0.191 e. The van der Waals surface area contributed by atoms with E-state index in [9.17, 15) is 0 Å². The van der Waals surface area contributed by atoms with Gasteiger partial charge < -0.3 is 20.1 Å². The van der Waals surface area contributed by atoms with E-state index < -0.39 is 0 Å². The van der Waals surface area contributed by atoms with Gasteiger partial charge in [0.15, 0.2) is 17.5 Å². The first kappa shape index (κ1) is 17.5. The van der Waals surface area contributed by atoms with E-state index in [1.807, 2.05) is 31.2 Å². The summed E-state index contributed by atoms with van der Waals surface area (Å²) in [7, 11) is 1.76. The van der Waals surface area contributed by atoms with Crippen LogP contribution in [0.25, 0.3) is 0 Å². The zero-order chi connectivity index (χ0) is 17.6. The summed E-state index contributed by atoms with van der Waals surface area (Å²) in [4.78, 5) is 10.1. The van der Waals surface area contributed by atoms with E-state index in [1.54, 1.807) is 18.4 Å². The van der Waals surface area contributed by atoms with Crippen molar-refractivity contribution >= 4 is 17.3 Å². The highest BCUT2D eigenvalue weighted by Gasteiger charge is 2.20. The molecule has 1 aliphatic rings. The second kappa shape index (κ2) is 8.20. The maximum absolute atomic E-state index is 5.94. The van der Waals surface area contributed by atoms with Gasteiger partial charge in [0.1, 0.15) is 12.7 Å². The lowest BCUT2D eigenvalue weighted by Crippen LogP contribution is -2.45. The molecule has 134 valence electrons. The molecule has 0 amide bonds. The molecule has 2 N–H and O–H groups in total. The molecule has 1 aliphatic heterocycles. The largest absolute Gasteiger partial charge is 0.486 e. The number of aromatic nitrogens is 1. The molecule has 0 saturated heterocycles. The Kier molecular flexibility index (Phi) is 5.75. The molecule has 25 heavy (non-hydrogen) atoms. The number of guanidine groups is 1. The van der Waals surface area contributed by atoms with Crippen LogP contribution < -0.4 is 20.1 Å². The molecule has 1 atom stereocenters. The third-order valence-corrected chi connectivity index (χ3v) is 5.13. The number of ether oxygens (including phenoxy) is 2. The Labute approximate surface area is 152 Å². The Morgan fingerprint density at radius 2 is 2.08 bits per heavy atom. The third kappa shape index (κ3) is 4.63. The van der Waals surface area contributed by atoms with E-state index in [1.165, 1.54) is 4.88 Å². The molecule has 1 aromatic carbocycles. The van der Waals surface area contributed by atoms with Crippen molar-refractivity contribution in [3.63, 3.8) is 0 Å². The monoisotopic (exact) mass is 360 g/mol. The molecule has 1 aromatic heterocycles. The fourth-order valence-electron chi connectivity index (χ4n) is 2.53. The second-order valence-electron chi connectivity index (χ2n) is 5.88. The topological polar surface area (TPSA) is 67.8 Å². The Hall–Kier alpha value is -2.28. The number of para-hydroxylation sites is 2. The van der Waals surface area contributed by atoms with Gasteiger partial charge in [-0.05, 0) is 26.0 Å². The summed E-state index contributed by atoms with van der Waals surface area (Å²) in [6.45, 7) is 6.10. The van der Waals surface area contributed by atoms with Crippen molar-refractivity contribution in [3.05, 3.63) is 39.8 Å². The molecule has 0 radical (unpaired) electrons. The van der Waals surface area contributed by atoms with Gasteiger partial charge in [0, 0.05) is 24.9 Å². The van der Waals surface area contributed by atoms with Crippen LogP contribution in [0.5, 0.6) is 11.5 Å². The normalized spacial score (nSPS) is 16.6. The van der Waals surface area contributed by atoms with Gasteiger partial charge in [0.05, 0.1) is 17.2 Å². The van der Waals surface area contributed by atoms with E-state index in [0.29, 0.717) is 13.2 Å². The SMILES string of the molecule is CN=C(NCCc1nc(C)c(C)s1)NCC1COc2ccccc2O1. The summed E-state index contributed by atoms with van der Waals surface area (Å²) in [6, 6.07) is 7.73. The van der Waals surface area contributed by atoms with Crippen LogP contribution in [0.1, 0.15) is 15.6 Å². The number of rotatable bonds is 5. The average molecular weight is 360 g/mol. The molecule has 0 bridgehead atoms. The minimum atomic E-state index is -0.0438. The molecule has 0 saturated carbocycles. The Morgan fingerprint density at radius 1 is 1.28 bits per heavy atom. The molecule has 3 rings (SSSR count). The summed E-state index contributed by atoms with van der Waals surface area (Å²) in [6.07, 6.45) is 0.842. The van der Waals surface area contributed by atoms with Crippen molar-refractivity contribution in [1.82, 2.24) is 15.6 Å². The number of nitrogens with zero attached hydrogens (tertiary/aromatic N) is 2. The highest BCUT2D eigenvalue weighted by molar-refractivity contribution is 7.11. The summed E-state index contributed by atoms with van der Waals surface area (Å²) >= 11 is 1.76. The minimum Gasteiger partial charge on any atom is -0.486 e. The molecule has 6 nitrogen and oxygen atoms in total. The number of nitrogens with one attached hydrogen (secondary N) is 2. The van der Waals surface area contributed by atoms with Gasteiger partial charge in [0.25, 0.3) is 0 Å². The maximum atomic E-state index is 5.94. The first-order chi connectivity index (χ1) is 12.2. The van der Waals surface area contributed by atoms with Crippen LogP contribution in [-0.4, -0.2) is 43.8 Å². The van der Waals surface area contributed by atoms with Crippen LogP contribution in [-0.2, 0) is 6.42 Å². The third-order valence-electron chi connectivity index (χ3n) is 3.99. The van der Waals surface area contributed by atoms with E-state index in [4.69, 9.17) is 9.47 Å². The first-order valence-electron chi connectivity index (χ1n) is 8.41. The van der Waals surface area contributed by atoms with Crippen LogP contribution in [0.4, 0.5) is 0 Å². The fraction of sp³-hybridized carbons (Fsp3) is 0.444. The predicted molar refractivity (Wildman–Crippen MR) is 101 cm³/mol. The van der Waals surface area contributed by atoms with E-state index in [-0.39, 0.29) is 6.10 Å². The smallest absolute Gasteiger partial charge is 0.191 e. The highest BCUT2D eigenvalue weighted by atomic mass is 32.1. The van der Waals surface area contributed by atoms with Crippen molar-refractivity contribution in [1.29, 1.82) is 0 Å². The number of hydrogen-bond donors (Lipinski definition) is 2. The van der Waals surface area contributed by atoms with E-state index in [0.717, 1.165) is 41.1 Å². The average Bonchev–Trinajstić information content (AvgIpc) is 2.95. The number of benzene rings is 1. The fourth-order valence-corrected chi connectivity index (χ4v) is 3.46. The number of hydrogen-bond acceptors (Lipinski definition) is 5. The zero-order valence-corrected chi connectivity index (χ0v) is 15.7. The first-order valence-corrected chi connectivity index (χ1v) is 9.23. The lowest BCUT2D eigenvalue weighted by molar-refractivity contribution is 0.0936. The van der Waals surface area contributed by atoms with Crippen LogP contribution in [0.15, 0.2) is 29.3 Å². The van der Waals surface area contributed by atoms with Crippen LogP contribution in [0.3, 0.4) is 0 Å². The Bertz CT molecular complexity index is 725. The summed E-state index contributed by atoms with van der Waals surface area (Å²) < 4.78 is 11.7. The summed E-state index contributed by atoms with van der Waals surface area (Å²) in [5.41, 5.74) is 1.12. The minimum absolute atomic E-state index is 0.0438. The van der Waals surface area contributed by atoms with Crippen LogP contribution >= 0.6 is 11.3 Å². The van der Waals surface area contributed by atoms with Gasteiger partial charge in [-0.15, -0.1) is 11.3 Å². The number of aliphatic imine (C=N–C) groups is 1. The van der Waals surface area contributed by atoms with Crippen molar-refractivity contribution in [2.24, 2.45) is 4.99 Å². The van der Waals surface area contributed by atoms with Crippen molar-refractivity contribution in [2.75, 3.05) is 26.7 Å². The molecule has 7 heteroatoms. The molecule has 0 aliphatic carbocycles. The van der Waals surface area contributed by atoms with Gasteiger partial charge in [0.2, 0.25) is 0 Å².